The zero-order valence-electron chi connectivity index (χ0n) is 9.28. The van der Waals surface area contributed by atoms with Crippen molar-refractivity contribution in [3.63, 3.8) is 0 Å². The van der Waals surface area contributed by atoms with Crippen molar-refractivity contribution in [1.82, 2.24) is 4.90 Å². The van der Waals surface area contributed by atoms with Gasteiger partial charge in [-0.05, 0) is 30.7 Å². The van der Waals surface area contributed by atoms with Gasteiger partial charge in [-0.25, -0.2) is 4.39 Å². The van der Waals surface area contributed by atoms with Crippen LogP contribution in [0.15, 0.2) is 24.3 Å². The Kier molecular flexibility index (Phi) is 4.72. The fourth-order valence-corrected chi connectivity index (χ4v) is 1.56. The van der Waals surface area contributed by atoms with Crippen molar-refractivity contribution in [2.75, 3.05) is 20.2 Å². The third kappa shape index (κ3) is 4.40. The molecule has 3 heteroatoms. The molecule has 1 aromatic carbocycles. The Hall–Kier alpha value is -0.930. The van der Waals surface area contributed by atoms with E-state index >= 15 is 0 Å². The molecule has 1 atom stereocenters. The van der Waals surface area contributed by atoms with Crippen molar-refractivity contribution < 1.29 is 9.50 Å². The Labute approximate surface area is 90.3 Å². The summed E-state index contributed by atoms with van der Waals surface area (Å²) in [5, 5.41) is 8.91. The minimum atomic E-state index is -0.204. The molecule has 0 saturated carbocycles. The van der Waals surface area contributed by atoms with E-state index in [0.29, 0.717) is 0 Å². The minimum Gasteiger partial charge on any atom is -0.396 e. The van der Waals surface area contributed by atoms with Crippen molar-refractivity contribution in [2.45, 2.75) is 13.5 Å². The monoisotopic (exact) mass is 211 g/mol. The quantitative estimate of drug-likeness (QED) is 0.804. The van der Waals surface area contributed by atoms with Gasteiger partial charge in [0, 0.05) is 19.7 Å². The van der Waals surface area contributed by atoms with Gasteiger partial charge >= 0.3 is 0 Å². The van der Waals surface area contributed by atoms with Crippen molar-refractivity contribution in [2.24, 2.45) is 5.92 Å². The van der Waals surface area contributed by atoms with E-state index in [1.165, 1.54) is 12.1 Å². The van der Waals surface area contributed by atoms with Gasteiger partial charge in [0.25, 0.3) is 0 Å². The Bertz CT molecular complexity index is 286. The van der Waals surface area contributed by atoms with Crippen LogP contribution in [0.5, 0.6) is 0 Å². The SMILES string of the molecule is CC(CO)CN(C)Cc1ccc(F)cc1. The summed E-state index contributed by atoms with van der Waals surface area (Å²) in [4.78, 5) is 2.12. The molecule has 0 spiro atoms. The van der Waals surface area contributed by atoms with Crippen molar-refractivity contribution in [3.05, 3.63) is 35.6 Å². The molecule has 0 aliphatic carbocycles. The average molecular weight is 211 g/mol. The molecule has 0 heterocycles. The van der Waals surface area contributed by atoms with Crippen LogP contribution in [0.2, 0.25) is 0 Å². The lowest BCUT2D eigenvalue weighted by molar-refractivity contribution is 0.187. The maximum absolute atomic E-state index is 12.6. The summed E-state index contributed by atoms with van der Waals surface area (Å²) in [6.45, 7) is 3.83. The summed E-state index contributed by atoms with van der Waals surface area (Å²) in [7, 11) is 2.00. The lowest BCUT2D eigenvalue weighted by Gasteiger charge is -2.19. The van der Waals surface area contributed by atoms with E-state index < -0.39 is 0 Å². The normalized spacial score (nSPS) is 13.1. The van der Waals surface area contributed by atoms with Crippen LogP contribution in [0, 0.1) is 11.7 Å². The first-order valence-corrected chi connectivity index (χ1v) is 5.15. The molecule has 0 aromatic heterocycles. The van der Waals surface area contributed by atoms with E-state index in [2.05, 4.69) is 4.90 Å². The number of nitrogens with zero attached hydrogens (tertiary/aromatic N) is 1. The fraction of sp³-hybridized carbons (Fsp3) is 0.500. The highest BCUT2D eigenvalue weighted by Gasteiger charge is 2.05. The predicted molar refractivity (Wildman–Crippen MR) is 59.0 cm³/mol. The molecule has 84 valence electrons. The second kappa shape index (κ2) is 5.83. The molecule has 0 radical (unpaired) electrons. The Morgan fingerprint density at radius 3 is 2.47 bits per heavy atom. The highest BCUT2D eigenvalue weighted by atomic mass is 19.1. The summed E-state index contributed by atoms with van der Waals surface area (Å²) in [6, 6.07) is 6.52. The van der Waals surface area contributed by atoms with Crippen LogP contribution in [0.3, 0.4) is 0 Å². The van der Waals surface area contributed by atoms with Gasteiger partial charge in [-0.3, -0.25) is 0 Å². The van der Waals surface area contributed by atoms with Crippen LogP contribution in [-0.4, -0.2) is 30.2 Å². The molecule has 1 unspecified atom stereocenters. The largest absolute Gasteiger partial charge is 0.396 e. The van der Waals surface area contributed by atoms with Gasteiger partial charge in [0.15, 0.2) is 0 Å². The maximum atomic E-state index is 12.6. The number of rotatable bonds is 5. The lowest BCUT2D eigenvalue weighted by atomic mass is 10.1. The molecule has 0 bridgehead atoms. The summed E-state index contributed by atoms with van der Waals surface area (Å²) in [6.07, 6.45) is 0. The number of aliphatic hydroxyl groups is 1. The standard InChI is InChI=1S/C12H18FNO/c1-10(9-15)7-14(2)8-11-3-5-12(13)6-4-11/h3-6,10,15H,7-9H2,1-2H3. The van der Waals surface area contributed by atoms with Crippen LogP contribution in [0.4, 0.5) is 4.39 Å². The van der Waals surface area contributed by atoms with E-state index in [-0.39, 0.29) is 18.3 Å². The number of hydrogen-bond acceptors (Lipinski definition) is 2. The summed E-state index contributed by atoms with van der Waals surface area (Å²) >= 11 is 0. The number of benzene rings is 1. The van der Waals surface area contributed by atoms with Gasteiger partial charge in [-0.2, -0.15) is 0 Å². The van der Waals surface area contributed by atoms with Crippen LogP contribution in [-0.2, 0) is 6.54 Å². The second-order valence-electron chi connectivity index (χ2n) is 4.11. The molecule has 1 rings (SSSR count). The Morgan fingerprint density at radius 1 is 1.33 bits per heavy atom. The molecular formula is C12H18FNO. The maximum Gasteiger partial charge on any atom is 0.123 e. The smallest absolute Gasteiger partial charge is 0.123 e. The first kappa shape index (κ1) is 12.1. The number of halogens is 1. The zero-order valence-corrected chi connectivity index (χ0v) is 9.28. The second-order valence-corrected chi connectivity index (χ2v) is 4.11. The predicted octanol–water partition coefficient (Wildman–Crippen LogP) is 1.89. The molecule has 0 amide bonds. The van der Waals surface area contributed by atoms with Gasteiger partial charge in [-0.1, -0.05) is 19.1 Å². The van der Waals surface area contributed by atoms with E-state index in [9.17, 15) is 4.39 Å². The van der Waals surface area contributed by atoms with E-state index in [4.69, 9.17) is 5.11 Å². The summed E-state index contributed by atoms with van der Waals surface area (Å²) < 4.78 is 12.6. The molecular weight excluding hydrogens is 193 g/mol. The van der Waals surface area contributed by atoms with Gasteiger partial charge in [0.05, 0.1) is 0 Å². The molecule has 0 fully saturated rings. The molecule has 0 aliphatic heterocycles. The van der Waals surface area contributed by atoms with Gasteiger partial charge < -0.3 is 10.0 Å². The molecule has 0 aliphatic rings. The molecule has 2 nitrogen and oxygen atoms in total. The molecule has 1 aromatic rings. The van der Waals surface area contributed by atoms with Crippen molar-refractivity contribution in [3.8, 4) is 0 Å². The van der Waals surface area contributed by atoms with E-state index in [1.54, 1.807) is 12.1 Å². The first-order chi connectivity index (χ1) is 7.11. The van der Waals surface area contributed by atoms with Crippen molar-refractivity contribution in [1.29, 1.82) is 0 Å². The van der Waals surface area contributed by atoms with E-state index in [0.717, 1.165) is 18.7 Å². The molecule has 1 N–H and O–H groups in total. The van der Waals surface area contributed by atoms with Gasteiger partial charge in [-0.15, -0.1) is 0 Å². The third-order valence-electron chi connectivity index (χ3n) is 2.30. The van der Waals surface area contributed by atoms with Crippen molar-refractivity contribution >= 4 is 0 Å². The molecule has 0 saturated heterocycles. The molecule has 15 heavy (non-hydrogen) atoms. The van der Waals surface area contributed by atoms with E-state index in [1.807, 2.05) is 14.0 Å². The van der Waals surface area contributed by atoms with Crippen LogP contribution in [0.25, 0.3) is 0 Å². The first-order valence-electron chi connectivity index (χ1n) is 5.15. The van der Waals surface area contributed by atoms with Crippen LogP contribution < -0.4 is 0 Å². The van der Waals surface area contributed by atoms with Gasteiger partial charge in [0.2, 0.25) is 0 Å². The number of aliphatic hydroxyl groups excluding tert-OH is 1. The van der Waals surface area contributed by atoms with Crippen LogP contribution in [0.1, 0.15) is 12.5 Å². The topological polar surface area (TPSA) is 23.5 Å². The average Bonchev–Trinajstić information content (AvgIpc) is 2.21. The third-order valence-corrected chi connectivity index (χ3v) is 2.30. The fourth-order valence-electron chi connectivity index (χ4n) is 1.56. The lowest BCUT2D eigenvalue weighted by Crippen LogP contribution is -2.25. The zero-order chi connectivity index (χ0) is 11.3. The number of hydrogen-bond donors (Lipinski definition) is 1. The highest BCUT2D eigenvalue weighted by Crippen LogP contribution is 2.07. The Morgan fingerprint density at radius 2 is 1.93 bits per heavy atom. The van der Waals surface area contributed by atoms with Gasteiger partial charge in [0.1, 0.15) is 5.82 Å². The Balaban J connectivity index is 2.44. The summed E-state index contributed by atoms with van der Waals surface area (Å²) in [5.41, 5.74) is 1.09. The minimum absolute atomic E-state index is 0.202. The highest BCUT2D eigenvalue weighted by molar-refractivity contribution is 5.15. The summed E-state index contributed by atoms with van der Waals surface area (Å²) in [5.74, 6) is 0.0700. The van der Waals surface area contributed by atoms with Crippen LogP contribution >= 0.6 is 0 Å².